The molecule has 3 rings (SSSR count). The second-order valence-electron chi connectivity index (χ2n) is 6.65. The molecule has 2 saturated heterocycles. The minimum atomic E-state index is -1.07. The molecular formula is C18H25ClN2O5. The number of carbonyl (C=O) groups excluding carboxylic acids is 1. The summed E-state index contributed by atoms with van der Waals surface area (Å²) >= 11 is 5.96. The Morgan fingerprint density at radius 1 is 1.23 bits per heavy atom. The summed E-state index contributed by atoms with van der Waals surface area (Å²) in [7, 11) is 0. The number of rotatable bonds is 6. The third-order valence-corrected chi connectivity index (χ3v) is 5.00. The number of aliphatic hydroxyl groups excluding tert-OH is 2. The third kappa shape index (κ3) is 4.94. The number of ether oxygens (including phenoxy) is 2. The van der Waals surface area contributed by atoms with Crippen molar-refractivity contribution in [1.82, 2.24) is 10.2 Å². The van der Waals surface area contributed by atoms with Gasteiger partial charge < -0.3 is 29.9 Å². The average Bonchev–Trinajstić information content (AvgIpc) is 2.90. The number of halogens is 1. The lowest BCUT2D eigenvalue weighted by atomic mass is 10.0. The van der Waals surface area contributed by atoms with Crippen molar-refractivity contribution in [1.29, 1.82) is 0 Å². The first-order valence-electron chi connectivity index (χ1n) is 8.87. The lowest BCUT2D eigenvalue weighted by molar-refractivity contribution is -0.139. The van der Waals surface area contributed by atoms with E-state index in [0.717, 1.165) is 5.56 Å². The minimum Gasteiger partial charge on any atom is -0.388 e. The van der Waals surface area contributed by atoms with E-state index in [1.807, 2.05) is 18.2 Å². The Kier molecular flexibility index (Phi) is 6.86. The van der Waals surface area contributed by atoms with Gasteiger partial charge in [-0.15, -0.1) is 0 Å². The molecule has 1 aromatic carbocycles. The largest absolute Gasteiger partial charge is 0.388 e. The summed E-state index contributed by atoms with van der Waals surface area (Å²) in [6, 6.07) is 7.49. The molecule has 4 unspecified atom stereocenters. The van der Waals surface area contributed by atoms with E-state index in [0.29, 0.717) is 44.4 Å². The van der Waals surface area contributed by atoms with E-state index in [2.05, 4.69) is 5.32 Å². The molecule has 0 saturated carbocycles. The number of carbonyl (C=O) groups is 1. The van der Waals surface area contributed by atoms with E-state index in [-0.39, 0.29) is 12.3 Å². The Morgan fingerprint density at radius 3 is 2.69 bits per heavy atom. The predicted molar refractivity (Wildman–Crippen MR) is 95.8 cm³/mol. The van der Waals surface area contributed by atoms with Crippen LogP contribution in [-0.4, -0.2) is 78.3 Å². The highest BCUT2D eigenvalue weighted by Gasteiger charge is 2.43. The Balaban J connectivity index is 1.46. The molecule has 1 aromatic rings. The van der Waals surface area contributed by atoms with Gasteiger partial charge in [0, 0.05) is 31.2 Å². The smallest absolute Gasteiger partial charge is 0.225 e. The number of morpholine rings is 1. The first kappa shape index (κ1) is 19.5. The van der Waals surface area contributed by atoms with E-state index in [1.165, 1.54) is 0 Å². The number of hydrogen-bond acceptors (Lipinski definition) is 6. The Labute approximate surface area is 157 Å². The van der Waals surface area contributed by atoms with Crippen LogP contribution < -0.4 is 5.32 Å². The van der Waals surface area contributed by atoms with Gasteiger partial charge in [0.15, 0.2) is 0 Å². The molecular weight excluding hydrogens is 360 g/mol. The molecule has 26 heavy (non-hydrogen) atoms. The number of nitrogens with zero attached hydrogens (tertiary/aromatic N) is 1. The highest BCUT2D eigenvalue weighted by Crippen LogP contribution is 2.24. The fourth-order valence-corrected chi connectivity index (χ4v) is 3.50. The molecule has 8 heteroatoms. The van der Waals surface area contributed by atoms with Crippen LogP contribution in [-0.2, 0) is 20.8 Å². The quantitative estimate of drug-likeness (QED) is 0.647. The highest BCUT2D eigenvalue weighted by molar-refractivity contribution is 6.30. The summed E-state index contributed by atoms with van der Waals surface area (Å²) in [4.78, 5) is 14.0. The van der Waals surface area contributed by atoms with Crippen molar-refractivity contribution in [3.63, 3.8) is 0 Å². The summed E-state index contributed by atoms with van der Waals surface area (Å²) < 4.78 is 11.0. The number of nitrogens with one attached hydrogen (secondary N) is 1. The molecule has 2 heterocycles. The molecule has 3 N–H and O–H groups in total. The van der Waals surface area contributed by atoms with Crippen LogP contribution in [0.25, 0.3) is 0 Å². The fraction of sp³-hybridized carbons (Fsp3) is 0.611. The minimum absolute atomic E-state index is 0.0586. The number of aliphatic hydroxyl groups is 2. The first-order valence-corrected chi connectivity index (χ1v) is 9.24. The van der Waals surface area contributed by atoms with Crippen LogP contribution in [0.5, 0.6) is 0 Å². The number of benzene rings is 1. The van der Waals surface area contributed by atoms with Gasteiger partial charge in [0.25, 0.3) is 0 Å². The lowest BCUT2D eigenvalue weighted by Crippen LogP contribution is -2.43. The van der Waals surface area contributed by atoms with Crippen LogP contribution in [0.1, 0.15) is 12.0 Å². The van der Waals surface area contributed by atoms with Crippen LogP contribution in [0.3, 0.4) is 0 Å². The Bertz CT molecular complexity index is 611. The first-order chi connectivity index (χ1) is 12.5. The maximum Gasteiger partial charge on any atom is 0.225 e. The van der Waals surface area contributed by atoms with Crippen molar-refractivity contribution in [3.8, 4) is 0 Å². The zero-order valence-corrected chi connectivity index (χ0v) is 15.3. The van der Waals surface area contributed by atoms with Gasteiger partial charge in [-0.25, -0.2) is 0 Å². The molecule has 0 aliphatic carbocycles. The summed E-state index contributed by atoms with van der Waals surface area (Å²) in [6.45, 7) is 3.09. The van der Waals surface area contributed by atoms with Gasteiger partial charge in [-0.1, -0.05) is 23.7 Å². The van der Waals surface area contributed by atoms with Crippen LogP contribution in [0.2, 0.25) is 5.02 Å². The van der Waals surface area contributed by atoms with Gasteiger partial charge in [0.1, 0.15) is 12.2 Å². The average molecular weight is 385 g/mol. The molecule has 2 aliphatic heterocycles. The highest BCUT2D eigenvalue weighted by atomic mass is 35.5. The van der Waals surface area contributed by atoms with E-state index in [4.69, 9.17) is 21.1 Å². The zero-order chi connectivity index (χ0) is 18.5. The molecule has 7 nitrogen and oxygen atoms in total. The Morgan fingerprint density at radius 2 is 1.96 bits per heavy atom. The maximum atomic E-state index is 12.3. The second kappa shape index (κ2) is 9.12. The summed E-state index contributed by atoms with van der Waals surface area (Å²) in [5, 5.41) is 24.3. The molecule has 2 aliphatic rings. The zero-order valence-electron chi connectivity index (χ0n) is 14.5. The van der Waals surface area contributed by atoms with Crippen molar-refractivity contribution in [2.45, 2.75) is 37.4 Å². The van der Waals surface area contributed by atoms with Gasteiger partial charge in [0.2, 0.25) is 5.91 Å². The maximum absolute atomic E-state index is 12.3. The van der Waals surface area contributed by atoms with E-state index < -0.39 is 24.4 Å². The normalized spacial score (nSPS) is 29.1. The molecule has 4 atom stereocenters. The summed E-state index contributed by atoms with van der Waals surface area (Å²) in [6.07, 6.45) is -3.30. The number of amides is 1. The molecule has 0 radical (unpaired) electrons. The van der Waals surface area contributed by atoms with Crippen molar-refractivity contribution >= 4 is 17.5 Å². The van der Waals surface area contributed by atoms with Crippen molar-refractivity contribution in [2.75, 3.05) is 32.8 Å². The van der Waals surface area contributed by atoms with Crippen molar-refractivity contribution in [2.24, 2.45) is 0 Å². The van der Waals surface area contributed by atoms with E-state index >= 15 is 0 Å². The summed E-state index contributed by atoms with van der Waals surface area (Å²) in [5.41, 5.74) is 1.02. The number of hydrogen-bond donors (Lipinski definition) is 3. The van der Waals surface area contributed by atoms with Crippen LogP contribution in [0.4, 0.5) is 0 Å². The summed E-state index contributed by atoms with van der Waals surface area (Å²) in [5.74, 6) is -0.0860. The molecule has 0 bridgehead atoms. The lowest BCUT2D eigenvalue weighted by Gasteiger charge is -2.28. The van der Waals surface area contributed by atoms with Crippen LogP contribution in [0, 0.1) is 0 Å². The predicted octanol–water partition coefficient (Wildman–Crippen LogP) is 0.168. The second-order valence-corrected chi connectivity index (χ2v) is 7.09. The standard InChI is InChI=1S/C18H25ClN2O5/c19-13-3-1-2-12(8-13)10-20-11-15-18(24)17(23)14(26-15)9-16(22)21-4-6-25-7-5-21/h1-3,8,14-15,17-18,20,23-24H,4-7,9-11H2. The molecule has 144 valence electrons. The van der Waals surface area contributed by atoms with Gasteiger partial charge in [0.05, 0.1) is 31.8 Å². The SMILES string of the molecule is O=C(CC1OC(CNCc2cccc(Cl)c2)C(O)C1O)N1CCOCC1. The Hall–Kier alpha value is -1.22. The molecule has 0 aromatic heterocycles. The monoisotopic (exact) mass is 384 g/mol. The van der Waals surface area contributed by atoms with Crippen molar-refractivity contribution < 1.29 is 24.5 Å². The van der Waals surface area contributed by atoms with Gasteiger partial charge in [-0.3, -0.25) is 4.79 Å². The molecule has 2 fully saturated rings. The topological polar surface area (TPSA) is 91.3 Å². The van der Waals surface area contributed by atoms with E-state index in [1.54, 1.807) is 11.0 Å². The van der Waals surface area contributed by atoms with Crippen LogP contribution >= 0.6 is 11.6 Å². The van der Waals surface area contributed by atoms with Crippen molar-refractivity contribution in [3.05, 3.63) is 34.9 Å². The van der Waals surface area contributed by atoms with Gasteiger partial charge >= 0.3 is 0 Å². The van der Waals surface area contributed by atoms with Gasteiger partial charge in [-0.2, -0.15) is 0 Å². The fourth-order valence-electron chi connectivity index (χ4n) is 3.28. The van der Waals surface area contributed by atoms with Gasteiger partial charge in [-0.05, 0) is 17.7 Å². The van der Waals surface area contributed by atoms with Crippen LogP contribution in [0.15, 0.2) is 24.3 Å². The molecule has 1 amide bonds. The van der Waals surface area contributed by atoms with E-state index in [9.17, 15) is 15.0 Å². The third-order valence-electron chi connectivity index (χ3n) is 4.76. The molecule has 0 spiro atoms.